The third-order valence-electron chi connectivity index (χ3n) is 6.80. The van der Waals surface area contributed by atoms with E-state index in [0.29, 0.717) is 29.4 Å². The topological polar surface area (TPSA) is 66.3 Å². The number of rotatable bonds is 6. The number of carbonyl (C=O) groups excluding carboxylic acids is 1. The van der Waals surface area contributed by atoms with Crippen LogP contribution in [0.5, 0.6) is 0 Å². The molecule has 178 valence electrons. The first kappa shape index (κ1) is 22.5. The minimum absolute atomic E-state index is 0.227. The molecule has 8 heteroatoms. The zero-order valence-corrected chi connectivity index (χ0v) is 19.5. The monoisotopic (exact) mass is 465 g/mol. The van der Waals surface area contributed by atoms with Gasteiger partial charge in [-0.25, -0.2) is 18.3 Å². The summed E-state index contributed by atoms with van der Waals surface area (Å²) >= 11 is 0. The molecule has 1 aromatic carbocycles. The largest absolute Gasteiger partial charge is 0.354 e. The summed E-state index contributed by atoms with van der Waals surface area (Å²) in [5.74, 6) is 1.21. The molecule has 1 fully saturated rings. The van der Waals surface area contributed by atoms with E-state index in [4.69, 9.17) is 0 Å². The van der Waals surface area contributed by atoms with Crippen molar-refractivity contribution in [2.45, 2.75) is 58.3 Å². The Bertz CT molecular complexity index is 1330. The molecule has 4 aromatic rings. The molecule has 3 aromatic heterocycles. The van der Waals surface area contributed by atoms with Crippen molar-refractivity contribution in [3.63, 3.8) is 0 Å². The number of carbonyl (C=O) groups is 1. The number of piperidine rings is 1. The van der Waals surface area contributed by atoms with Gasteiger partial charge in [0.05, 0.1) is 5.69 Å². The zero-order valence-electron chi connectivity index (χ0n) is 19.5. The first-order chi connectivity index (χ1) is 16.4. The van der Waals surface area contributed by atoms with Crippen molar-refractivity contribution in [1.82, 2.24) is 24.5 Å². The van der Waals surface area contributed by atoms with Crippen LogP contribution in [0.1, 0.15) is 55.5 Å². The van der Waals surface area contributed by atoms with E-state index in [1.807, 2.05) is 43.1 Å². The maximum atomic E-state index is 13.6. The smallest absolute Gasteiger partial charge is 0.242 e. The Hall–Kier alpha value is -3.29. The molecule has 0 aliphatic carbocycles. The van der Waals surface area contributed by atoms with E-state index < -0.39 is 6.43 Å². The summed E-state index contributed by atoms with van der Waals surface area (Å²) in [7, 11) is 0. The van der Waals surface area contributed by atoms with Gasteiger partial charge in [-0.3, -0.25) is 4.79 Å². The molecule has 0 unspecified atom stereocenters. The molecule has 1 amide bonds. The number of fused-ring (bicyclic) bond motifs is 2. The molecule has 34 heavy (non-hydrogen) atoms. The van der Waals surface area contributed by atoms with Gasteiger partial charge in [-0.05, 0) is 67.5 Å². The maximum Gasteiger partial charge on any atom is 0.242 e. The lowest BCUT2D eigenvalue weighted by Crippen LogP contribution is -2.37. The van der Waals surface area contributed by atoms with Crippen molar-refractivity contribution in [3.05, 3.63) is 53.5 Å². The molecule has 0 saturated carbocycles. The van der Waals surface area contributed by atoms with Crippen LogP contribution in [-0.2, 0) is 11.2 Å². The number of halogens is 2. The summed E-state index contributed by atoms with van der Waals surface area (Å²) in [4.78, 5) is 21.9. The van der Waals surface area contributed by atoms with Gasteiger partial charge >= 0.3 is 0 Å². The van der Waals surface area contributed by atoms with Gasteiger partial charge in [0.1, 0.15) is 5.82 Å². The molecule has 1 saturated heterocycles. The van der Waals surface area contributed by atoms with E-state index in [1.54, 1.807) is 4.52 Å². The Morgan fingerprint density at radius 2 is 2.00 bits per heavy atom. The van der Waals surface area contributed by atoms with Gasteiger partial charge in [-0.1, -0.05) is 13.0 Å². The van der Waals surface area contributed by atoms with Crippen molar-refractivity contribution in [2.75, 3.05) is 13.1 Å². The minimum Gasteiger partial charge on any atom is -0.354 e. The van der Waals surface area contributed by atoms with Crippen LogP contribution in [0.15, 0.2) is 36.5 Å². The Morgan fingerprint density at radius 1 is 1.21 bits per heavy atom. The molecule has 0 radical (unpaired) electrons. The number of benzene rings is 1. The number of likely N-dealkylation sites (tertiary alicyclic amines) is 1. The van der Waals surface area contributed by atoms with Gasteiger partial charge < -0.3 is 9.88 Å². The number of H-pyrrole nitrogens is 1. The number of amides is 1. The van der Waals surface area contributed by atoms with Crippen molar-refractivity contribution >= 4 is 22.5 Å². The molecular formula is C26H29F2N5O. The molecule has 4 heterocycles. The summed E-state index contributed by atoms with van der Waals surface area (Å²) in [6.45, 7) is 5.35. The lowest BCUT2D eigenvalue weighted by Gasteiger charge is -2.32. The average Bonchev–Trinajstić information content (AvgIpc) is 3.37. The third-order valence-corrected chi connectivity index (χ3v) is 6.80. The van der Waals surface area contributed by atoms with Gasteiger partial charge in [0.25, 0.3) is 0 Å². The van der Waals surface area contributed by atoms with E-state index in [-0.39, 0.29) is 12.3 Å². The molecular weight excluding hydrogens is 436 g/mol. The standard InChI is InChI=1S/C26H29F2N5O/c1-3-4-25(34)32-11-9-17(10-12-32)18-5-7-22-20(13-18)21(14-23(27)28)26(30-22)19-6-8-24-29-16(2)31-33(24)15-19/h5-8,13,15,17,23,30H,3-4,9-12,14H2,1-2H3. The van der Waals surface area contributed by atoms with E-state index >= 15 is 0 Å². The number of alkyl halides is 2. The lowest BCUT2D eigenvalue weighted by atomic mass is 9.88. The Labute approximate surface area is 197 Å². The summed E-state index contributed by atoms with van der Waals surface area (Å²) < 4.78 is 29.0. The molecule has 1 N–H and O–H groups in total. The summed E-state index contributed by atoms with van der Waals surface area (Å²) in [6, 6.07) is 9.90. The molecule has 5 rings (SSSR count). The van der Waals surface area contributed by atoms with Crippen LogP contribution < -0.4 is 0 Å². The quantitative estimate of drug-likeness (QED) is 0.409. The van der Waals surface area contributed by atoms with Crippen LogP contribution in [0, 0.1) is 6.92 Å². The number of hydrogen-bond acceptors (Lipinski definition) is 3. The van der Waals surface area contributed by atoms with Gasteiger partial charge in [0.2, 0.25) is 12.3 Å². The minimum atomic E-state index is -2.45. The summed E-state index contributed by atoms with van der Waals surface area (Å²) in [5.41, 5.74) is 4.84. The second-order valence-corrected chi connectivity index (χ2v) is 9.16. The van der Waals surface area contributed by atoms with Gasteiger partial charge in [0.15, 0.2) is 5.65 Å². The second-order valence-electron chi connectivity index (χ2n) is 9.16. The molecule has 0 bridgehead atoms. The average molecular weight is 466 g/mol. The first-order valence-corrected chi connectivity index (χ1v) is 12.0. The number of nitrogens with one attached hydrogen (secondary N) is 1. The van der Waals surface area contributed by atoms with E-state index in [0.717, 1.165) is 60.0 Å². The van der Waals surface area contributed by atoms with Crippen LogP contribution >= 0.6 is 0 Å². The maximum absolute atomic E-state index is 13.6. The SMILES string of the molecule is CCCC(=O)N1CCC(c2ccc3[nH]c(-c4ccc5nc(C)nn5c4)c(CC(F)F)c3c2)CC1. The van der Waals surface area contributed by atoms with Gasteiger partial charge in [-0.2, -0.15) is 5.10 Å². The number of aryl methyl sites for hydroxylation is 1. The van der Waals surface area contributed by atoms with Gasteiger partial charge in [0, 0.05) is 48.6 Å². The number of pyridine rings is 1. The van der Waals surface area contributed by atoms with Crippen LogP contribution in [-0.4, -0.2) is 49.9 Å². The van der Waals surface area contributed by atoms with E-state index in [2.05, 4.69) is 27.2 Å². The van der Waals surface area contributed by atoms with E-state index in [9.17, 15) is 13.6 Å². The Morgan fingerprint density at radius 3 is 2.74 bits per heavy atom. The molecule has 0 spiro atoms. The van der Waals surface area contributed by atoms with Crippen molar-refractivity contribution in [2.24, 2.45) is 0 Å². The van der Waals surface area contributed by atoms with Crippen LogP contribution in [0.3, 0.4) is 0 Å². The highest BCUT2D eigenvalue weighted by molar-refractivity contribution is 5.91. The van der Waals surface area contributed by atoms with Crippen molar-refractivity contribution in [3.8, 4) is 11.3 Å². The lowest BCUT2D eigenvalue weighted by molar-refractivity contribution is -0.132. The zero-order chi connectivity index (χ0) is 23.8. The van der Waals surface area contributed by atoms with Crippen LogP contribution in [0.2, 0.25) is 0 Å². The van der Waals surface area contributed by atoms with Crippen molar-refractivity contribution in [1.29, 1.82) is 0 Å². The third kappa shape index (κ3) is 4.29. The highest BCUT2D eigenvalue weighted by Gasteiger charge is 2.25. The normalized spacial score (nSPS) is 15.1. The first-order valence-electron chi connectivity index (χ1n) is 12.0. The fraction of sp³-hybridized carbons (Fsp3) is 0.423. The van der Waals surface area contributed by atoms with Crippen LogP contribution in [0.4, 0.5) is 8.78 Å². The summed E-state index contributed by atoms with van der Waals surface area (Å²) in [6.07, 6.45) is 2.30. The molecule has 1 aliphatic rings. The molecule has 6 nitrogen and oxygen atoms in total. The number of nitrogens with zero attached hydrogens (tertiary/aromatic N) is 4. The highest BCUT2D eigenvalue weighted by Crippen LogP contribution is 2.36. The predicted molar refractivity (Wildman–Crippen MR) is 128 cm³/mol. The highest BCUT2D eigenvalue weighted by atomic mass is 19.3. The second kappa shape index (κ2) is 9.16. The Balaban J connectivity index is 1.48. The van der Waals surface area contributed by atoms with Crippen molar-refractivity contribution < 1.29 is 13.6 Å². The van der Waals surface area contributed by atoms with E-state index in [1.165, 1.54) is 0 Å². The fourth-order valence-electron chi connectivity index (χ4n) is 5.11. The Kier molecular flexibility index (Phi) is 6.06. The van der Waals surface area contributed by atoms with Gasteiger partial charge in [-0.15, -0.1) is 0 Å². The molecule has 1 aliphatic heterocycles. The number of aromatic nitrogens is 4. The fourth-order valence-corrected chi connectivity index (χ4v) is 5.11. The molecule has 0 atom stereocenters. The number of hydrogen-bond donors (Lipinski definition) is 1. The van der Waals surface area contributed by atoms with Crippen LogP contribution in [0.25, 0.3) is 27.8 Å². The predicted octanol–water partition coefficient (Wildman–Crippen LogP) is 5.50. The number of aromatic amines is 1. The summed E-state index contributed by atoms with van der Waals surface area (Å²) in [5, 5.41) is 5.20.